The van der Waals surface area contributed by atoms with Crippen LogP contribution in [0.2, 0.25) is 0 Å². The lowest BCUT2D eigenvalue weighted by Gasteiger charge is -2.40. The fraction of sp³-hybridized carbons (Fsp3) is 0.606. The molecule has 230 valence electrons. The van der Waals surface area contributed by atoms with Gasteiger partial charge in [0.2, 0.25) is 5.91 Å². The number of esters is 1. The molecule has 3 aliphatic heterocycles. The van der Waals surface area contributed by atoms with E-state index in [1.165, 1.54) is 0 Å². The van der Waals surface area contributed by atoms with Gasteiger partial charge in [-0.3, -0.25) is 14.4 Å². The van der Waals surface area contributed by atoms with Crippen LogP contribution in [-0.4, -0.2) is 82.7 Å². The molecule has 4 rings (SSSR count). The Morgan fingerprint density at radius 1 is 1.17 bits per heavy atom. The van der Waals surface area contributed by atoms with Crippen molar-refractivity contribution >= 4 is 40.9 Å². The third kappa shape index (κ3) is 5.62. The zero-order valence-electron chi connectivity index (χ0n) is 25.5. The highest BCUT2D eigenvalue weighted by Gasteiger charge is 2.75. The Kier molecular flexibility index (Phi) is 10.5. The quantitative estimate of drug-likeness (QED) is 0.179. The van der Waals surface area contributed by atoms with E-state index < -0.39 is 28.7 Å². The van der Waals surface area contributed by atoms with Crippen LogP contribution < -0.4 is 9.80 Å². The van der Waals surface area contributed by atoms with Gasteiger partial charge in [-0.1, -0.05) is 26.0 Å². The molecular weight excluding hydrogens is 550 g/mol. The second kappa shape index (κ2) is 13.7. The van der Waals surface area contributed by atoms with Crippen molar-refractivity contribution in [2.75, 3.05) is 42.6 Å². The molecule has 9 heteroatoms. The molecule has 0 saturated carbocycles. The van der Waals surface area contributed by atoms with Crippen molar-refractivity contribution in [1.82, 2.24) is 4.90 Å². The zero-order chi connectivity index (χ0) is 30.6. The second-order valence-electron chi connectivity index (χ2n) is 11.8. The lowest BCUT2D eigenvalue weighted by atomic mass is 9.71. The summed E-state index contributed by atoms with van der Waals surface area (Å²) >= 11 is 1.62. The number of aliphatic hydroxyl groups is 1. The van der Waals surface area contributed by atoms with E-state index >= 15 is 0 Å². The molecule has 1 aromatic rings. The number of carbonyl (C=O) groups excluding carboxylic acids is 3. The molecule has 0 aliphatic carbocycles. The van der Waals surface area contributed by atoms with Crippen LogP contribution in [0.25, 0.3) is 0 Å². The van der Waals surface area contributed by atoms with Crippen LogP contribution in [0.15, 0.2) is 49.6 Å². The first-order valence-corrected chi connectivity index (χ1v) is 16.2. The van der Waals surface area contributed by atoms with Crippen molar-refractivity contribution < 1.29 is 24.2 Å². The average molecular weight is 598 g/mol. The molecule has 3 heterocycles. The molecule has 8 nitrogen and oxygen atoms in total. The maximum absolute atomic E-state index is 14.8. The van der Waals surface area contributed by atoms with Crippen molar-refractivity contribution in [2.45, 2.75) is 75.5 Å². The molecule has 1 spiro atoms. The number of thioether (sulfide) groups is 1. The molecule has 2 bridgehead atoms. The number of aliphatic hydroxyl groups excluding tert-OH is 1. The summed E-state index contributed by atoms with van der Waals surface area (Å²) in [4.78, 5) is 48.1. The summed E-state index contributed by atoms with van der Waals surface area (Å²) < 4.78 is 4.91. The minimum atomic E-state index is -0.814. The Morgan fingerprint density at radius 2 is 1.83 bits per heavy atom. The first-order valence-electron chi connectivity index (χ1n) is 15.4. The van der Waals surface area contributed by atoms with Crippen LogP contribution in [0.1, 0.15) is 53.4 Å². The van der Waals surface area contributed by atoms with E-state index in [4.69, 9.17) is 4.74 Å². The number of anilines is 2. The fourth-order valence-electron chi connectivity index (χ4n) is 7.14. The standard InChI is InChI=1S/C33H47N3O5S/c1-7-11-12-20-41-32(40)27-26-17-18-33(42-26)28(27)30(38)36(25(21-37)22(5)6)29(33)31(39)35(19-8-2)24-15-13-23(14-16-24)34(9-3)10-4/h7-8,13-16,22,25-29,37H,1-2,9-12,17-21H2,3-6H3/t25-,26-,27+,28-,29?,33?/m0/s1. The van der Waals surface area contributed by atoms with Gasteiger partial charge in [0, 0.05) is 36.3 Å². The predicted molar refractivity (Wildman–Crippen MR) is 170 cm³/mol. The topological polar surface area (TPSA) is 90.4 Å². The number of benzene rings is 1. The number of fused-ring (bicyclic) bond motifs is 1. The van der Waals surface area contributed by atoms with Gasteiger partial charge in [-0.05, 0) is 69.7 Å². The molecule has 2 unspecified atom stereocenters. The molecule has 42 heavy (non-hydrogen) atoms. The summed E-state index contributed by atoms with van der Waals surface area (Å²) in [7, 11) is 0. The van der Waals surface area contributed by atoms with E-state index in [1.54, 1.807) is 33.7 Å². The van der Waals surface area contributed by atoms with Crippen molar-refractivity contribution in [1.29, 1.82) is 0 Å². The number of allylic oxidation sites excluding steroid dienone is 1. The minimum absolute atomic E-state index is 0.0730. The third-order valence-corrected chi connectivity index (χ3v) is 11.2. The summed E-state index contributed by atoms with van der Waals surface area (Å²) in [6, 6.07) is 6.56. The first-order chi connectivity index (χ1) is 20.2. The number of likely N-dealkylation sites (tertiary alicyclic amines) is 1. The fourth-order valence-corrected chi connectivity index (χ4v) is 9.33. The van der Waals surface area contributed by atoms with E-state index in [0.717, 1.165) is 37.3 Å². The van der Waals surface area contributed by atoms with Gasteiger partial charge in [-0.15, -0.1) is 24.9 Å². The first kappa shape index (κ1) is 32.1. The van der Waals surface area contributed by atoms with Crippen LogP contribution in [0.3, 0.4) is 0 Å². The smallest absolute Gasteiger partial charge is 0.310 e. The summed E-state index contributed by atoms with van der Waals surface area (Å²) in [5.41, 5.74) is 1.80. The SMILES string of the molecule is C=CCCCOC(=O)[C@@H]1[C@@H]2CCC3(S2)C(C(=O)N(CC=C)c2ccc(N(CC)CC)cc2)N([C@@H](CO)C(C)C)C(=O)[C@H]13. The van der Waals surface area contributed by atoms with Crippen LogP contribution >= 0.6 is 11.8 Å². The maximum atomic E-state index is 14.8. The minimum Gasteiger partial charge on any atom is -0.465 e. The van der Waals surface area contributed by atoms with Gasteiger partial charge >= 0.3 is 5.97 Å². The largest absolute Gasteiger partial charge is 0.465 e. The molecule has 3 fully saturated rings. The number of carbonyl (C=O) groups is 3. The van der Waals surface area contributed by atoms with E-state index in [-0.39, 0.29) is 48.7 Å². The van der Waals surface area contributed by atoms with Crippen LogP contribution in [0.5, 0.6) is 0 Å². The Bertz CT molecular complexity index is 1150. The number of unbranched alkanes of at least 4 members (excludes halogenated alkanes) is 1. The van der Waals surface area contributed by atoms with Crippen molar-refractivity contribution in [2.24, 2.45) is 17.8 Å². The molecular formula is C33H47N3O5S. The van der Waals surface area contributed by atoms with E-state index in [1.807, 2.05) is 38.1 Å². The molecule has 0 aromatic heterocycles. The Balaban J connectivity index is 1.73. The van der Waals surface area contributed by atoms with Crippen molar-refractivity contribution in [3.05, 3.63) is 49.6 Å². The van der Waals surface area contributed by atoms with Crippen molar-refractivity contribution in [3.63, 3.8) is 0 Å². The molecule has 2 amide bonds. The molecule has 6 atom stereocenters. The Morgan fingerprint density at radius 3 is 2.40 bits per heavy atom. The second-order valence-corrected chi connectivity index (χ2v) is 13.4. The van der Waals surface area contributed by atoms with Gasteiger partial charge in [-0.2, -0.15) is 0 Å². The Labute approximate surface area is 255 Å². The maximum Gasteiger partial charge on any atom is 0.310 e. The van der Waals surface area contributed by atoms with Gasteiger partial charge in [-0.25, -0.2) is 0 Å². The lowest BCUT2D eigenvalue weighted by molar-refractivity contribution is -0.154. The molecule has 1 N–H and O–H groups in total. The van der Waals surface area contributed by atoms with Crippen molar-refractivity contribution in [3.8, 4) is 0 Å². The van der Waals surface area contributed by atoms with Gasteiger partial charge < -0.3 is 24.5 Å². The lowest BCUT2D eigenvalue weighted by Crippen LogP contribution is -2.58. The van der Waals surface area contributed by atoms with Crippen LogP contribution in [0.4, 0.5) is 11.4 Å². The molecule has 3 aliphatic rings. The molecule has 1 aromatic carbocycles. The van der Waals surface area contributed by atoms with Gasteiger partial charge in [0.25, 0.3) is 5.91 Å². The third-order valence-electron chi connectivity index (χ3n) is 9.22. The summed E-state index contributed by atoms with van der Waals surface area (Å²) in [5, 5.41) is 10.4. The number of nitrogens with zero attached hydrogens (tertiary/aromatic N) is 3. The number of ether oxygens (including phenoxy) is 1. The zero-order valence-corrected chi connectivity index (χ0v) is 26.4. The van der Waals surface area contributed by atoms with E-state index in [0.29, 0.717) is 12.8 Å². The van der Waals surface area contributed by atoms with Crippen LogP contribution in [-0.2, 0) is 19.1 Å². The Hall–Kier alpha value is -2.78. The van der Waals surface area contributed by atoms with E-state index in [2.05, 4.69) is 31.9 Å². The normalized spacial score (nSPS) is 26.7. The highest BCUT2D eigenvalue weighted by molar-refractivity contribution is 8.02. The summed E-state index contributed by atoms with van der Waals surface area (Å²) in [6.07, 6.45) is 6.31. The van der Waals surface area contributed by atoms with Gasteiger partial charge in [0.05, 0.1) is 35.8 Å². The number of rotatable bonds is 15. The number of hydrogen-bond donors (Lipinski definition) is 1. The van der Waals surface area contributed by atoms with Gasteiger partial charge in [0.15, 0.2) is 0 Å². The van der Waals surface area contributed by atoms with Crippen LogP contribution in [0, 0.1) is 17.8 Å². The van der Waals surface area contributed by atoms with Gasteiger partial charge in [0.1, 0.15) is 6.04 Å². The van der Waals surface area contributed by atoms with E-state index in [9.17, 15) is 19.5 Å². The summed E-state index contributed by atoms with van der Waals surface area (Å²) in [6.45, 7) is 17.8. The highest BCUT2D eigenvalue weighted by atomic mass is 32.2. The average Bonchev–Trinajstić information content (AvgIpc) is 3.63. The predicted octanol–water partition coefficient (Wildman–Crippen LogP) is 4.67. The monoisotopic (exact) mass is 597 g/mol. The number of amides is 2. The molecule has 3 saturated heterocycles. The molecule has 0 radical (unpaired) electrons. The highest BCUT2D eigenvalue weighted by Crippen LogP contribution is 2.67. The number of hydrogen-bond acceptors (Lipinski definition) is 7. The summed E-state index contributed by atoms with van der Waals surface area (Å²) in [5.74, 6) is -2.13.